The molecular formula is C17H17N3O4. The summed E-state index contributed by atoms with van der Waals surface area (Å²) in [5, 5.41) is 4.80. The Morgan fingerprint density at radius 1 is 1.00 bits per heavy atom. The molecule has 2 amide bonds. The molecule has 7 nitrogen and oxygen atoms in total. The molecule has 2 N–H and O–H groups in total. The van der Waals surface area contributed by atoms with Crippen molar-refractivity contribution in [1.29, 1.82) is 0 Å². The molecule has 0 saturated carbocycles. The SMILES string of the molecule is CCOC(=O)c1ccccc1NC(=O)C(=O)Nc1cccc(C)n1. The lowest BCUT2D eigenvalue weighted by atomic mass is 10.2. The van der Waals surface area contributed by atoms with Crippen molar-refractivity contribution in [1.82, 2.24) is 4.98 Å². The van der Waals surface area contributed by atoms with E-state index in [0.717, 1.165) is 0 Å². The average molecular weight is 327 g/mol. The summed E-state index contributed by atoms with van der Waals surface area (Å²) in [6.07, 6.45) is 0. The number of aryl methyl sites for hydroxylation is 1. The van der Waals surface area contributed by atoms with Crippen LogP contribution in [0.2, 0.25) is 0 Å². The fourth-order valence-electron chi connectivity index (χ4n) is 1.94. The number of nitrogens with one attached hydrogen (secondary N) is 2. The molecule has 0 aliphatic carbocycles. The molecule has 0 saturated heterocycles. The number of rotatable bonds is 4. The van der Waals surface area contributed by atoms with Crippen LogP contribution in [0.4, 0.5) is 11.5 Å². The zero-order valence-corrected chi connectivity index (χ0v) is 13.3. The summed E-state index contributed by atoms with van der Waals surface area (Å²) in [6.45, 7) is 3.66. The standard InChI is InChI=1S/C17H17N3O4/c1-3-24-17(23)12-8-4-5-9-13(12)19-15(21)16(22)20-14-10-6-7-11(2)18-14/h4-10H,3H2,1-2H3,(H,19,21)(H,18,20,22). The van der Waals surface area contributed by atoms with Gasteiger partial charge in [-0.25, -0.2) is 9.78 Å². The minimum Gasteiger partial charge on any atom is -0.462 e. The Morgan fingerprint density at radius 2 is 1.71 bits per heavy atom. The van der Waals surface area contributed by atoms with Crippen LogP contribution in [0.25, 0.3) is 0 Å². The third-order valence-corrected chi connectivity index (χ3v) is 3.01. The maximum atomic E-state index is 12.0. The van der Waals surface area contributed by atoms with Crippen LogP contribution in [0, 0.1) is 6.92 Å². The molecule has 2 rings (SSSR count). The molecule has 0 unspecified atom stereocenters. The zero-order valence-electron chi connectivity index (χ0n) is 13.3. The Kier molecular flexibility index (Phi) is 5.62. The highest BCUT2D eigenvalue weighted by molar-refractivity contribution is 6.43. The normalized spacial score (nSPS) is 9.92. The van der Waals surface area contributed by atoms with Gasteiger partial charge in [0.1, 0.15) is 5.82 Å². The van der Waals surface area contributed by atoms with E-state index in [1.54, 1.807) is 44.2 Å². The lowest BCUT2D eigenvalue weighted by Crippen LogP contribution is -2.30. The number of anilines is 2. The number of carbonyl (C=O) groups is 3. The van der Waals surface area contributed by atoms with E-state index in [9.17, 15) is 14.4 Å². The second kappa shape index (κ2) is 7.87. The molecule has 0 bridgehead atoms. The number of carbonyl (C=O) groups excluding carboxylic acids is 3. The lowest BCUT2D eigenvalue weighted by molar-refractivity contribution is -0.133. The fourth-order valence-corrected chi connectivity index (χ4v) is 1.94. The summed E-state index contributed by atoms with van der Waals surface area (Å²) < 4.78 is 4.92. The highest BCUT2D eigenvalue weighted by Gasteiger charge is 2.18. The molecule has 0 fully saturated rings. The van der Waals surface area contributed by atoms with Crippen molar-refractivity contribution in [2.45, 2.75) is 13.8 Å². The molecule has 24 heavy (non-hydrogen) atoms. The lowest BCUT2D eigenvalue weighted by Gasteiger charge is -2.10. The Bertz CT molecular complexity index is 774. The van der Waals surface area contributed by atoms with Gasteiger partial charge in [-0.05, 0) is 38.1 Å². The molecule has 0 radical (unpaired) electrons. The average Bonchev–Trinajstić information content (AvgIpc) is 2.55. The maximum absolute atomic E-state index is 12.0. The maximum Gasteiger partial charge on any atom is 0.340 e. The monoisotopic (exact) mass is 327 g/mol. The van der Waals surface area contributed by atoms with E-state index in [4.69, 9.17) is 4.74 Å². The summed E-state index contributed by atoms with van der Waals surface area (Å²) in [6, 6.07) is 11.4. The highest BCUT2D eigenvalue weighted by Crippen LogP contribution is 2.16. The number of nitrogens with zero attached hydrogens (tertiary/aromatic N) is 1. The molecule has 0 aliphatic rings. The molecular weight excluding hydrogens is 310 g/mol. The highest BCUT2D eigenvalue weighted by atomic mass is 16.5. The molecule has 7 heteroatoms. The predicted molar refractivity (Wildman–Crippen MR) is 88.6 cm³/mol. The summed E-state index contributed by atoms with van der Waals surface area (Å²) in [4.78, 5) is 39.9. The van der Waals surface area contributed by atoms with Crippen molar-refractivity contribution in [2.24, 2.45) is 0 Å². The molecule has 1 heterocycles. The van der Waals surface area contributed by atoms with Gasteiger partial charge in [0.25, 0.3) is 0 Å². The van der Waals surface area contributed by atoms with Gasteiger partial charge in [-0.1, -0.05) is 18.2 Å². The molecule has 0 atom stereocenters. The van der Waals surface area contributed by atoms with Gasteiger partial charge in [-0.15, -0.1) is 0 Å². The van der Waals surface area contributed by atoms with Gasteiger partial charge >= 0.3 is 17.8 Å². The number of hydrogen-bond donors (Lipinski definition) is 2. The van der Waals surface area contributed by atoms with Crippen LogP contribution in [0.15, 0.2) is 42.5 Å². The van der Waals surface area contributed by atoms with Crippen LogP contribution < -0.4 is 10.6 Å². The summed E-state index contributed by atoms with van der Waals surface area (Å²) >= 11 is 0. The van der Waals surface area contributed by atoms with Crippen molar-refractivity contribution in [2.75, 3.05) is 17.2 Å². The number of amides is 2. The Labute approximate surface area is 139 Å². The van der Waals surface area contributed by atoms with Gasteiger partial charge in [0.2, 0.25) is 0 Å². The number of ether oxygens (including phenoxy) is 1. The number of esters is 1. The molecule has 0 aliphatic heterocycles. The first-order valence-corrected chi connectivity index (χ1v) is 7.33. The molecule has 124 valence electrons. The van der Waals surface area contributed by atoms with Crippen LogP contribution in [-0.4, -0.2) is 29.4 Å². The quantitative estimate of drug-likeness (QED) is 0.662. The van der Waals surface area contributed by atoms with Gasteiger partial charge < -0.3 is 15.4 Å². The van der Waals surface area contributed by atoms with Gasteiger partial charge in [-0.2, -0.15) is 0 Å². The second-order valence-electron chi connectivity index (χ2n) is 4.84. The number of para-hydroxylation sites is 1. The largest absolute Gasteiger partial charge is 0.462 e. The van der Waals surface area contributed by atoms with Crippen molar-refractivity contribution < 1.29 is 19.1 Å². The first-order chi connectivity index (χ1) is 11.5. The van der Waals surface area contributed by atoms with E-state index in [0.29, 0.717) is 5.69 Å². The zero-order chi connectivity index (χ0) is 17.5. The van der Waals surface area contributed by atoms with Crippen LogP contribution >= 0.6 is 0 Å². The molecule has 2 aromatic rings. The Hall–Kier alpha value is -3.22. The predicted octanol–water partition coefficient (Wildman–Crippen LogP) is 2.14. The van der Waals surface area contributed by atoms with Crippen LogP contribution in [-0.2, 0) is 14.3 Å². The van der Waals surface area contributed by atoms with Crippen molar-refractivity contribution >= 4 is 29.3 Å². The van der Waals surface area contributed by atoms with Gasteiger partial charge in [0.15, 0.2) is 0 Å². The number of aromatic nitrogens is 1. The second-order valence-corrected chi connectivity index (χ2v) is 4.84. The molecule has 0 spiro atoms. The minimum atomic E-state index is -0.907. The van der Waals surface area contributed by atoms with Gasteiger partial charge in [0, 0.05) is 5.69 Å². The van der Waals surface area contributed by atoms with E-state index in [2.05, 4.69) is 15.6 Å². The number of hydrogen-bond acceptors (Lipinski definition) is 5. The third-order valence-electron chi connectivity index (χ3n) is 3.01. The molecule has 1 aromatic carbocycles. The summed E-state index contributed by atoms with van der Waals surface area (Å²) in [5.74, 6) is -2.09. The van der Waals surface area contributed by atoms with Crippen molar-refractivity contribution in [3.8, 4) is 0 Å². The first-order valence-electron chi connectivity index (χ1n) is 7.33. The fraction of sp³-hybridized carbons (Fsp3) is 0.176. The van der Waals surface area contributed by atoms with Gasteiger partial charge in [0.05, 0.1) is 17.9 Å². The van der Waals surface area contributed by atoms with E-state index in [1.165, 1.54) is 12.1 Å². The van der Waals surface area contributed by atoms with E-state index in [1.807, 2.05) is 0 Å². The Morgan fingerprint density at radius 3 is 2.42 bits per heavy atom. The number of benzene rings is 1. The van der Waals surface area contributed by atoms with E-state index < -0.39 is 17.8 Å². The first kappa shape index (κ1) is 17.1. The molecule has 1 aromatic heterocycles. The van der Waals surface area contributed by atoms with Crippen LogP contribution in [0.1, 0.15) is 23.0 Å². The van der Waals surface area contributed by atoms with Crippen LogP contribution in [0.3, 0.4) is 0 Å². The van der Waals surface area contributed by atoms with E-state index in [-0.39, 0.29) is 23.7 Å². The minimum absolute atomic E-state index is 0.175. The van der Waals surface area contributed by atoms with Crippen LogP contribution in [0.5, 0.6) is 0 Å². The number of pyridine rings is 1. The summed E-state index contributed by atoms with van der Waals surface area (Å²) in [7, 11) is 0. The van der Waals surface area contributed by atoms with E-state index >= 15 is 0 Å². The Balaban J connectivity index is 2.09. The third kappa shape index (κ3) is 4.39. The van der Waals surface area contributed by atoms with Gasteiger partial charge in [-0.3, -0.25) is 9.59 Å². The van der Waals surface area contributed by atoms with Crippen molar-refractivity contribution in [3.05, 3.63) is 53.7 Å². The summed E-state index contributed by atoms with van der Waals surface area (Å²) in [5.41, 5.74) is 1.09. The topological polar surface area (TPSA) is 97.4 Å². The smallest absolute Gasteiger partial charge is 0.340 e. The van der Waals surface area contributed by atoms with Crippen molar-refractivity contribution in [3.63, 3.8) is 0 Å².